The fourth-order valence-corrected chi connectivity index (χ4v) is 1.94. The minimum atomic E-state index is -0.362. The lowest BCUT2D eigenvalue weighted by atomic mass is 10.2. The van der Waals surface area contributed by atoms with Crippen LogP contribution in [0.2, 0.25) is 5.02 Å². The zero-order valence-electron chi connectivity index (χ0n) is 12.3. The molecule has 0 unspecified atom stereocenters. The Morgan fingerprint density at radius 2 is 1.95 bits per heavy atom. The first-order valence-electron chi connectivity index (χ1n) is 6.84. The second kappa shape index (κ2) is 7.61. The first kappa shape index (κ1) is 16.0. The van der Waals surface area contributed by atoms with Crippen LogP contribution < -0.4 is 14.8 Å². The molecule has 1 N–H and O–H groups in total. The number of amides is 1. The summed E-state index contributed by atoms with van der Waals surface area (Å²) in [5, 5.41) is 3.06. The molecular formula is C15H16ClN3O3. The first-order valence-corrected chi connectivity index (χ1v) is 7.22. The number of benzene rings is 1. The summed E-state index contributed by atoms with van der Waals surface area (Å²) < 4.78 is 10.6. The molecule has 116 valence electrons. The van der Waals surface area contributed by atoms with Gasteiger partial charge in [0.1, 0.15) is 5.69 Å². The number of nitrogens with zero attached hydrogens (tertiary/aromatic N) is 2. The van der Waals surface area contributed by atoms with Crippen molar-refractivity contribution in [1.29, 1.82) is 0 Å². The Morgan fingerprint density at radius 1 is 1.23 bits per heavy atom. The number of rotatable bonds is 6. The third-order valence-electron chi connectivity index (χ3n) is 2.65. The first-order chi connectivity index (χ1) is 10.7. The maximum Gasteiger partial charge on any atom is 0.319 e. The van der Waals surface area contributed by atoms with Crippen molar-refractivity contribution in [3.63, 3.8) is 0 Å². The molecule has 0 aliphatic heterocycles. The highest BCUT2D eigenvalue weighted by atomic mass is 35.5. The van der Waals surface area contributed by atoms with Crippen molar-refractivity contribution in [2.75, 3.05) is 18.5 Å². The van der Waals surface area contributed by atoms with Crippen LogP contribution in [0.15, 0.2) is 30.5 Å². The van der Waals surface area contributed by atoms with E-state index in [-0.39, 0.29) is 17.8 Å². The van der Waals surface area contributed by atoms with Crippen LogP contribution >= 0.6 is 11.6 Å². The Labute approximate surface area is 133 Å². The molecule has 1 aromatic heterocycles. The molecule has 6 nitrogen and oxygen atoms in total. The largest absolute Gasteiger partial charge is 0.476 e. The lowest BCUT2D eigenvalue weighted by molar-refractivity contribution is 0.102. The van der Waals surface area contributed by atoms with Gasteiger partial charge in [-0.05, 0) is 26.0 Å². The van der Waals surface area contributed by atoms with Gasteiger partial charge in [0, 0.05) is 0 Å². The van der Waals surface area contributed by atoms with Gasteiger partial charge in [-0.25, -0.2) is 4.98 Å². The van der Waals surface area contributed by atoms with Gasteiger partial charge in [0.25, 0.3) is 5.91 Å². The standard InChI is InChI=1S/C15H16ClN3O3/c1-3-21-14-12(9-17-15(19-14)22-4-2)18-13(20)10-7-5-6-8-11(10)16/h5-9H,3-4H2,1-2H3,(H,18,20). The Bertz CT molecular complexity index is 664. The van der Waals surface area contributed by atoms with Crippen LogP contribution in [0.5, 0.6) is 11.9 Å². The average molecular weight is 322 g/mol. The smallest absolute Gasteiger partial charge is 0.319 e. The molecule has 2 rings (SSSR count). The van der Waals surface area contributed by atoms with Crippen molar-refractivity contribution < 1.29 is 14.3 Å². The second-order valence-electron chi connectivity index (χ2n) is 4.17. The van der Waals surface area contributed by atoms with Gasteiger partial charge < -0.3 is 14.8 Å². The Kier molecular flexibility index (Phi) is 5.55. The van der Waals surface area contributed by atoms with E-state index in [0.29, 0.717) is 29.5 Å². The van der Waals surface area contributed by atoms with E-state index in [1.165, 1.54) is 6.20 Å². The normalized spacial score (nSPS) is 10.1. The van der Waals surface area contributed by atoms with E-state index in [0.717, 1.165) is 0 Å². The molecule has 1 amide bonds. The number of hydrogen-bond donors (Lipinski definition) is 1. The monoisotopic (exact) mass is 321 g/mol. The van der Waals surface area contributed by atoms with Gasteiger partial charge >= 0.3 is 6.01 Å². The summed E-state index contributed by atoms with van der Waals surface area (Å²) in [4.78, 5) is 20.4. The summed E-state index contributed by atoms with van der Waals surface area (Å²) in [5.74, 6) is -0.110. The van der Waals surface area contributed by atoms with Crippen molar-refractivity contribution in [3.05, 3.63) is 41.0 Å². The van der Waals surface area contributed by atoms with Crippen LogP contribution in [-0.2, 0) is 0 Å². The number of ether oxygens (including phenoxy) is 2. The Balaban J connectivity index is 2.24. The molecule has 0 radical (unpaired) electrons. The van der Waals surface area contributed by atoms with Crippen LogP contribution in [0.1, 0.15) is 24.2 Å². The van der Waals surface area contributed by atoms with Gasteiger partial charge in [0.15, 0.2) is 0 Å². The quantitative estimate of drug-likeness (QED) is 0.884. The van der Waals surface area contributed by atoms with Crippen LogP contribution in [0.3, 0.4) is 0 Å². The highest BCUT2D eigenvalue weighted by Crippen LogP contribution is 2.25. The zero-order chi connectivity index (χ0) is 15.9. The zero-order valence-corrected chi connectivity index (χ0v) is 13.1. The predicted molar refractivity (Wildman–Crippen MR) is 83.8 cm³/mol. The molecule has 0 spiro atoms. The fourth-order valence-electron chi connectivity index (χ4n) is 1.72. The molecule has 1 heterocycles. The molecular weight excluding hydrogens is 306 g/mol. The van der Waals surface area contributed by atoms with E-state index < -0.39 is 0 Å². The number of hydrogen-bond acceptors (Lipinski definition) is 5. The van der Waals surface area contributed by atoms with Gasteiger partial charge in [-0.1, -0.05) is 23.7 Å². The van der Waals surface area contributed by atoms with Crippen LogP contribution in [-0.4, -0.2) is 29.1 Å². The van der Waals surface area contributed by atoms with E-state index in [2.05, 4.69) is 15.3 Å². The topological polar surface area (TPSA) is 73.3 Å². The van der Waals surface area contributed by atoms with Crippen molar-refractivity contribution in [2.24, 2.45) is 0 Å². The maximum absolute atomic E-state index is 12.3. The Hall–Kier alpha value is -2.34. The maximum atomic E-state index is 12.3. The SMILES string of the molecule is CCOc1ncc(NC(=O)c2ccccc2Cl)c(OCC)n1. The molecule has 0 saturated heterocycles. The second-order valence-corrected chi connectivity index (χ2v) is 4.58. The Morgan fingerprint density at radius 3 is 2.64 bits per heavy atom. The molecule has 0 saturated carbocycles. The average Bonchev–Trinajstić information content (AvgIpc) is 2.51. The molecule has 0 aliphatic rings. The summed E-state index contributed by atoms with van der Waals surface area (Å²) in [5.41, 5.74) is 0.718. The van der Waals surface area contributed by atoms with Crippen molar-refractivity contribution in [1.82, 2.24) is 9.97 Å². The van der Waals surface area contributed by atoms with E-state index in [1.54, 1.807) is 24.3 Å². The third-order valence-corrected chi connectivity index (χ3v) is 2.98. The number of halogens is 1. The van der Waals surface area contributed by atoms with Crippen LogP contribution in [0, 0.1) is 0 Å². The predicted octanol–water partition coefficient (Wildman–Crippen LogP) is 3.18. The lowest BCUT2D eigenvalue weighted by Gasteiger charge is -2.11. The van der Waals surface area contributed by atoms with Crippen LogP contribution in [0.25, 0.3) is 0 Å². The molecule has 7 heteroatoms. The highest BCUT2D eigenvalue weighted by Gasteiger charge is 2.15. The third kappa shape index (κ3) is 3.85. The molecule has 1 aromatic carbocycles. The van der Waals surface area contributed by atoms with Gasteiger partial charge in [0.2, 0.25) is 5.88 Å². The number of carbonyl (C=O) groups is 1. The molecule has 0 aliphatic carbocycles. The van der Waals surface area contributed by atoms with E-state index in [1.807, 2.05) is 13.8 Å². The fraction of sp³-hybridized carbons (Fsp3) is 0.267. The summed E-state index contributed by atoms with van der Waals surface area (Å²) in [7, 11) is 0. The minimum absolute atomic E-state index is 0.196. The molecule has 22 heavy (non-hydrogen) atoms. The summed E-state index contributed by atoms with van der Waals surface area (Å²) in [6.07, 6.45) is 1.44. The van der Waals surface area contributed by atoms with Crippen LogP contribution in [0.4, 0.5) is 5.69 Å². The summed E-state index contributed by atoms with van der Waals surface area (Å²) in [6, 6.07) is 6.97. The lowest BCUT2D eigenvalue weighted by Crippen LogP contribution is -2.14. The molecule has 2 aromatic rings. The van der Waals surface area contributed by atoms with Gasteiger partial charge in [-0.2, -0.15) is 4.98 Å². The number of anilines is 1. The van der Waals surface area contributed by atoms with E-state index >= 15 is 0 Å². The molecule has 0 bridgehead atoms. The van der Waals surface area contributed by atoms with Gasteiger partial charge in [-0.3, -0.25) is 4.79 Å². The number of carbonyl (C=O) groups excluding carboxylic acids is 1. The summed E-state index contributed by atoms with van der Waals surface area (Å²) in [6.45, 7) is 4.49. The van der Waals surface area contributed by atoms with Crippen molar-refractivity contribution in [2.45, 2.75) is 13.8 Å². The number of aromatic nitrogens is 2. The van der Waals surface area contributed by atoms with Crippen molar-refractivity contribution in [3.8, 4) is 11.9 Å². The van der Waals surface area contributed by atoms with Gasteiger partial charge in [-0.15, -0.1) is 0 Å². The van der Waals surface area contributed by atoms with E-state index in [9.17, 15) is 4.79 Å². The summed E-state index contributed by atoms with van der Waals surface area (Å²) >= 11 is 6.01. The molecule has 0 fully saturated rings. The molecule has 0 atom stereocenters. The number of nitrogens with one attached hydrogen (secondary N) is 1. The minimum Gasteiger partial charge on any atom is -0.476 e. The van der Waals surface area contributed by atoms with E-state index in [4.69, 9.17) is 21.1 Å². The highest BCUT2D eigenvalue weighted by molar-refractivity contribution is 6.34. The van der Waals surface area contributed by atoms with Gasteiger partial charge in [0.05, 0.1) is 30.0 Å². The van der Waals surface area contributed by atoms with Crippen molar-refractivity contribution >= 4 is 23.2 Å².